The third-order valence-corrected chi connectivity index (χ3v) is 2.86. The molecule has 1 heterocycles. The van der Waals surface area contributed by atoms with Crippen LogP contribution in [0.15, 0.2) is 12.3 Å². The highest BCUT2D eigenvalue weighted by Crippen LogP contribution is 2.26. The summed E-state index contributed by atoms with van der Waals surface area (Å²) in [6.45, 7) is 3.77. The van der Waals surface area contributed by atoms with Crippen molar-refractivity contribution in [1.29, 1.82) is 0 Å². The van der Waals surface area contributed by atoms with E-state index in [1.165, 1.54) is 19.3 Å². The minimum atomic E-state index is 0.660. The van der Waals surface area contributed by atoms with Gasteiger partial charge in [0.15, 0.2) is 0 Å². The summed E-state index contributed by atoms with van der Waals surface area (Å²) in [5.41, 5.74) is 0. The molecule has 0 spiro atoms. The van der Waals surface area contributed by atoms with E-state index in [1.54, 1.807) is 12.3 Å². The molecule has 0 saturated heterocycles. The lowest BCUT2D eigenvalue weighted by Gasteiger charge is -2.25. The van der Waals surface area contributed by atoms with Gasteiger partial charge in [-0.15, -0.1) is 0 Å². The standard InChI is InChI=1S/C12H19N3O/c1-2-8-16-11-6-7-13-12(15-11)14-9-10-4-3-5-10/h6-7,10H,2-5,8-9H2,1H3,(H,13,14,15). The monoisotopic (exact) mass is 221 g/mol. The van der Waals surface area contributed by atoms with Crippen molar-refractivity contribution < 1.29 is 4.74 Å². The van der Waals surface area contributed by atoms with Gasteiger partial charge in [-0.3, -0.25) is 0 Å². The van der Waals surface area contributed by atoms with Crippen LogP contribution < -0.4 is 10.1 Å². The van der Waals surface area contributed by atoms with Gasteiger partial charge < -0.3 is 10.1 Å². The molecule has 0 atom stereocenters. The van der Waals surface area contributed by atoms with Crippen LogP contribution in [-0.4, -0.2) is 23.1 Å². The maximum absolute atomic E-state index is 5.45. The first-order chi connectivity index (χ1) is 7.88. The van der Waals surface area contributed by atoms with Gasteiger partial charge in [0.2, 0.25) is 11.8 Å². The van der Waals surface area contributed by atoms with Crippen molar-refractivity contribution in [3.05, 3.63) is 12.3 Å². The molecular weight excluding hydrogens is 202 g/mol. The van der Waals surface area contributed by atoms with Crippen LogP contribution in [0.5, 0.6) is 5.88 Å². The molecule has 0 radical (unpaired) electrons. The number of aromatic nitrogens is 2. The minimum absolute atomic E-state index is 0.660. The van der Waals surface area contributed by atoms with Crippen LogP contribution in [0.2, 0.25) is 0 Å². The molecule has 1 aliphatic carbocycles. The number of ether oxygens (including phenoxy) is 1. The number of nitrogens with one attached hydrogen (secondary N) is 1. The highest BCUT2D eigenvalue weighted by Gasteiger charge is 2.17. The summed E-state index contributed by atoms with van der Waals surface area (Å²) in [5.74, 6) is 2.15. The topological polar surface area (TPSA) is 47.0 Å². The molecule has 1 aliphatic rings. The van der Waals surface area contributed by atoms with Gasteiger partial charge in [0.1, 0.15) is 0 Å². The zero-order valence-corrected chi connectivity index (χ0v) is 9.78. The molecule has 4 heteroatoms. The summed E-state index contributed by atoms with van der Waals surface area (Å²) in [5, 5.41) is 3.26. The quantitative estimate of drug-likeness (QED) is 0.801. The van der Waals surface area contributed by atoms with Crippen molar-refractivity contribution in [3.8, 4) is 5.88 Å². The van der Waals surface area contributed by atoms with Crippen molar-refractivity contribution in [2.24, 2.45) is 5.92 Å². The Hall–Kier alpha value is -1.32. The first kappa shape index (κ1) is 11.2. The van der Waals surface area contributed by atoms with E-state index in [1.807, 2.05) is 0 Å². The second-order valence-corrected chi connectivity index (χ2v) is 4.24. The fourth-order valence-corrected chi connectivity index (χ4v) is 1.65. The lowest BCUT2D eigenvalue weighted by Crippen LogP contribution is -2.21. The first-order valence-corrected chi connectivity index (χ1v) is 6.08. The Morgan fingerprint density at radius 1 is 1.50 bits per heavy atom. The fourth-order valence-electron chi connectivity index (χ4n) is 1.65. The van der Waals surface area contributed by atoms with Gasteiger partial charge >= 0.3 is 0 Å². The molecule has 0 aromatic carbocycles. The highest BCUT2D eigenvalue weighted by atomic mass is 16.5. The maximum Gasteiger partial charge on any atom is 0.225 e. The molecule has 0 aliphatic heterocycles. The third-order valence-electron chi connectivity index (χ3n) is 2.86. The SMILES string of the molecule is CCCOc1ccnc(NCC2CCC2)n1. The Morgan fingerprint density at radius 2 is 2.38 bits per heavy atom. The molecule has 4 nitrogen and oxygen atoms in total. The molecule has 1 aromatic heterocycles. The van der Waals surface area contributed by atoms with E-state index in [4.69, 9.17) is 4.74 Å². The predicted octanol–water partition coefficient (Wildman–Crippen LogP) is 2.48. The third kappa shape index (κ3) is 3.08. The van der Waals surface area contributed by atoms with Crippen LogP contribution in [0.4, 0.5) is 5.95 Å². The largest absolute Gasteiger partial charge is 0.478 e. The molecular formula is C12H19N3O. The molecule has 1 N–H and O–H groups in total. The summed E-state index contributed by atoms with van der Waals surface area (Å²) >= 11 is 0. The molecule has 0 bridgehead atoms. The summed E-state index contributed by atoms with van der Waals surface area (Å²) in [6.07, 6.45) is 6.76. The normalized spacial score (nSPS) is 15.6. The average Bonchev–Trinajstić information content (AvgIpc) is 2.25. The molecule has 1 saturated carbocycles. The van der Waals surface area contributed by atoms with Gasteiger partial charge in [-0.25, -0.2) is 4.98 Å². The van der Waals surface area contributed by atoms with E-state index in [2.05, 4.69) is 22.2 Å². The zero-order chi connectivity index (χ0) is 11.2. The van der Waals surface area contributed by atoms with E-state index in [0.717, 1.165) is 18.9 Å². The van der Waals surface area contributed by atoms with Crippen LogP contribution in [0.3, 0.4) is 0 Å². The molecule has 88 valence electrons. The highest BCUT2D eigenvalue weighted by molar-refractivity contribution is 5.27. The molecule has 1 fully saturated rings. The van der Waals surface area contributed by atoms with Gasteiger partial charge in [0, 0.05) is 18.8 Å². The van der Waals surface area contributed by atoms with Gasteiger partial charge in [0.25, 0.3) is 0 Å². The van der Waals surface area contributed by atoms with Crippen molar-refractivity contribution in [2.75, 3.05) is 18.5 Å². The lowest BCUT2D eigenvalue weighted by molar-refractivity contribution is 0.304. The van der Waals surface area contributed by atoms with E-state index < -0.39 is 0 Å². The fraction of sp³-hybridized carbons (Fsp3) is 0.667. The first-order valence-electron chi connectivity index (χ1n) is 6.08. The van der Waals surface area contributed by atoms with E-state index in [0.29, 0.717) is 18.4 Å². The Balaban J connectivity index is 1.82. The van der Waals surface area contributed by atoms with E-state index >= 15 is 0 Å². The van der Waals surface area contributed by atoms with Gasteiger partial charge in [-0.1, -0.05) is 13.3 Å². The Labute approximate surface area is 96.4 Å². The summed E-state index contributed by atoms with van der Waals surface area (Å²) in [6, 6.07) is 1.80. The average molecular weight is 221 g/mol. The van der Waals surface area contributed by atoms with Gasteiger partial charge in [0.05, 0.1) is 6.61 Å². The minimum Gasteiger partial charge on any atom is -0.478 e. The molecule has 1 aromatic rings. The molecule has 0 unspecified atom stereocenters. The van der Waals surface area contributed by atoms with Crippen LogP contribution in [0.1, 0.15) is 32.6 Å². The predicted molar refractivity (Wildman–Crippen MR) is 63.6 cm³/mol. The van der Waals surface area contributed by atoms with Crippen LogP contribution in [0.25, 0.3) is 0 Å². The van der Waals surface area contributed by atoms with Crippen molar-refractivity contribution in [1.82, 2.24) is 9.97 Å². The molecule has 0 amide bonds. The van der Waals surface area contributed by atoms with Crippen LogP contribution in [0, 0.1) is 5.92 Å². The van der Waals surface area contributed by atoms with Crippen molar-refractivity contribution in [3.63, 3.8) is 0 Å². The smallest absolute Gasteiger partial charge is 0.225 e. The van der Waals surface area contributed by atoms with Crippen LogP contribution >= 0.6 is 0 Å². The Kier molecular flexibility index (Phi) is 3.97. The second kappa shape index (κ2) is 5.68. The van der Waals surface area contributed by atoms with Gasteiger partial charge in [-0.2, -0.15) is 4.98 Å². The summed E-state index contributed by atoms with van der Waals surface area (Å²) in [7, 11) is 0. The molecule has 2 rings (SSSR count). The van der Waals surface area contributed by atoms with E-state index in [9.17, 15) is 0 Å². The summed E-state index contributed by atoms with van der Waals surface area (Å²) in [4.78, 5) is 8.47. The number of hydrogen-bond donors (Lipinski definition) is 1. The zero-order valence-electron chi connectivity index (χ0n) is 9.78. The Bertz CT molecular complexity index is 326. The van der Waals surface area contributed by atoms with E-state index in [-0.39, 0.29) is 0 Å². The lowest BCUT2D eigenvalue weighted by atomic mass is 9.85. The number of rotatable bonds is 6. The van der Waals surface area contributed by atoms with Gasteiger partial charge in [-0.05, 0) is 25.2 Å². The maximum atomic E-state index is 5.45. The van der Waals surface area contributed by atoms with Crippen LogP contribution in [-0.2, 0) is 0 Å². The van der Waals surface area contributed by atoms with Crippen molar-refractivity contribution >= 4 is 5.95 Å². The number of nitrogens with zero attached hydrogens (tertiary/aromatic N) is 2. The summed E-state index contributed by atoms with van der Waals surface area (Å²) < 4.78 is 5.45. The number of anilines is 1. The number of hydrogen-bond acceptors (Lipinski definition) is 4. The van der Waals surface area contributed by atoms with Crippen molar-refractivity contribution in [2.45, 2.75) is 32.6 Å². The molecule has 16 heavy (non-hydrogen) atoms. The Morgan fingerprint density at radius 3 is 3.06 bits per heavy atom. The second-order valence-electron chi connectivity index (χ2n) is 4.24.